The Labute approximate surface area is 420 Å². The molecule has 0 saturated carbocycles. The first-order valence-electron chi connectivity index (χ1n) is 22.4. The molecule has 0 spiro atoms. The van der Waals surface area contributed by atoms with Crippen molar-refractivity contribution in [1.82, 2.24) is 9.97 Å². The number of hydrogen-bond donors (Lipinski definition) is 0. The molecule has 2 heterocycles. The Morgan fingerprint density at radius 2 is 0.471 bits per heavy atom. The van der Waals surface area contributed by atoms with Gasteiger partial charge in [0.05, 0.1) is 11.0 Å². The van der Waals surface area contributed by atoms with Gasteiger partial charge in [-0.15, -0.1) is 0 Å². The van der Waals surface area contributed by atoms with Gasteiger partial charge in [-0.3, -0.25) is 9.97 Å². The van der Waals surface area contributed by atoms with Crippen molar-refractivity contribution in [2.75, 3.05) is 0 Å². The van der Waals surface area contributed by atoms with E-state index < -0.39 is 23.1 Å². The number of nitrogens with zero attached hydrogens (tertiary/aromatic N) is 2. The number of aromatic nitrogens is 2. The van der Waals surface area contributed by atoms with Crippen molar-refractivity contribution in [2.24, 2.45) is 0 Å². The topological polar surface area (TPSA) is 25.8 Å². The molecule has 2 aromatic heterocycles. The van der Waals surface area contributed by atoms with Crippen LogP contribution in [0.5, 0.6) is 0 Å². The van der Waals surface area contributed by atoms with Crippen LogP contribution in [0.15, 0.2) is 279 Å². The Bertz CT molecular complexity index is 2850. The van der Waals surface area contributed by atoms with Gasteiger partial charge in [0.2, 0.25) is 0 Å². The summed E-state index contributed by atoms with van der Waals surface area (Å²) < 4.78 is 39.0. The molecule has 11 rings (SSSR count). The molecule has 348 valence electrons. The molecular formula is C60H46BCuF4N2P2. The summed E-state index contributed by atoms with van der Waals surface area (Å²) in [6, 6.07) is 94.0. The van der Waals surface area contributed by atoms with Crippen LogP contribution in [0, 0.1) is 0 Å². The van der Waals surface area contributed by atoms with Crippen molar-refractivity contribution in [3.63, 3.8) is 0 Å². The smallest absolute Gasteiger partial charge is 0.418 e. The molecule has 0 aliphatic rings. The molecule has 0 aliphatic heterocycles. The van der Waals surface area contributed by atoms with E-state index in [9.17, 15) is 17.3 Å². The molecule has 0 bridgehead atoms. The average Bonchev–Trinajstić information content (AvgIpc) is 3.41. The second-order valence-electron chi connectivity index (χ2n) is 15.5. The molecule has 0 unspecified atom stereocenters. The normalized spacial score (nSPS) is 10.7. The third-order valence-corrected chi connectivity index (χ3v) is 15.8. The fourth-order valence-electron chi connectivity index (χ4n) is 7.92. The summed E-state index contributed by atoms with van der Waals surface area (Å²) in [5, 5.41) is 10.6. The molecule has 70 heavy (non-hydrogen) atoms. The van der Waals surface area contributed by atoms with E-state index in [4.69, 9.17) is 0 Å². The van der Waals surface area contributed by atoms with E-state index in [1.54, 1.807) is 0 Å². The van der Waals surface area contributed by atoms with Gasteiger partial charge in [-0.1, -0.05) is 255 Å². The first-order chi connectivity index (χ1) is 33.8. The van der Waals surface area contributed by atoms with Crippen LogP contribution in [-0.2, 0) is 17.1 Å². The van der Waals surface area contributed by atoms with Crippen molar-refractivity contribution in [2.45, 2.75) is 0 Å². The van der Waals surface area contributed by atoms with Gasteiger partial charge in [-0.05, 0) is 82.1 Å². The third kappa shape index (κ3) is 13.8. The predicted molar refractivity (Wildman–Crippen MR) is 288 cm³/mol. The largest absolute Gasteiger partial charge is 1.00 e. The van der Waals surface area contributed by atoms with Crippen LogP contribution in [0.2, 0.25) is 0 Å². The van der Waals surface area contributed by atoms with Crippen LogP contribution in [0.3, 0.4) is 0 Å². The molecule has 0 radical (unpaired) electrons. The van der Waals surface area contributed by atoms with Crippen molar-refractivity contribution in [1.29, 1.82) is 0 Å². The van der Waals surface area contributed by atoms with Crippen LogP contribution >= 0.6 is 15.8 Å². The van der Waals surface area contributed by atoms with Crippen LogP contribution in [0.1, 0.15) is 0 Å². The second kappa shape index (κ2) is 25.5. The molecule has 10 heteroatoms. The van der Waals surface area contributed by atoms with E-state index in [-0.39, 0.29) is 17.1 Å². The van der Waals surface area contributed by atoms with Gasteiger partial charge >= 0.3 is 24.3 Å². The summed E-state index contributed by atoms with van der Waals surface area (Å²) >= 11 is 0. The first kappa shape index (κ1) is 50.8. The quantitative estimate of drug-likeness (QED) is 0.0656. The van der Waals surface area contributed by atoms with Gasteiger partial charge in [0.15, 0.2) is 0 Å². The Hall–Kier alpha value is -7.04. The van der Waals surface area contributed by atoms with Gasteiger partial charge in [-0.25, -0.2) is 0 Å². The first-order valence-corrected chi connectivity index (χ1v) is 25.1. The SMILES string of the molecule is F[B-](F)(F)F.[Cu+].c1ccc(-c2ccnc3c2ccc2c(-c4ccccc4)ccnc23)cc1.c1ccc(P(c2ccccc2)c2ccccc2)cc1.c1ccc(P(c2ccccc2)c2ccccc2)cc1. The van der Waals surface area contributed by atoms with Crippen molar-refractivity contribution < 1.29 is 34.3 Å². The molecule has 0 atom stereocenters. The van der Waals surface area contributed by atoms with Gasteiger partial charge < -0.3 is 17.3 Å². The van der Waals surface area contributed by atoms with Crippen LogP contribution in [0.4, 0.5) is 17.3 Å². The van der Waals surface area contributed by atoms with Gasteiger partial charge in [-0.2, -0.15) is 0 Å². The zero-order valence-corrected chi connectivity index (χ0v) is 40.5. The Morgan fingerprint density at radius 1 is 0.271 bits per heavy atom. The maximum Gasteiger partial charge on any atom is 1.00 e. The molecular weight excluding hydrogens is 961 g/mol. The number of hydrogen-bond acceptors (Lipinski definition) is 2. The van der Waals surface area contributed by atoms with Crippen molar-refractivity contribution in [3.05, 3.63) is 279 Å². The van der Waals surface area contributed by atoms with E-state index in [0.717, 1.165) is 21.8 Å². The molecule has 11 aromatic rings. The zero-order chi connectivity index (χ0) is 47.7. The van der Waals surface area contributed by atoms with Gasteiger partial charge in [0.1, 0.15) is 0 Å². The minimum atomic E-state index is -6.00. The molecule has 2 nitrogen and oxygen atoms in total. The average molecular weight is 1010 g/mol. The number of benzene rings is 9. The second-order valence-corrected chi connectivity index (χ2v) is 19.9. The summed E-state index contributed by atoms with van der Waals surface area (Å²) in [4.78, 5) is 9.34. The van der Waals surface area contributed by atoms with Crippen LogP contribution in [-0.4, -0.2) is 17.2 Å². The van der Waals surface area contributed by atoms with Crippen molar-refractivity contribution >= 4 is 76.7 Å². The Balaban J connectivity index is 0.000000149. The minimum absolute atomic E-state index is 0. The molecule has 0 amide bonds. The fraction of sp³-hybridized carbons (Fsp3) is 0. The maximum atomic E-state index is 9.75. The van der Waals surface area contributed by atoms with Crippen molar-refractivity contribution in [3.8, 4) is 22.3 Å². The summed E-state index contributed by atoms with van der Waals surface area (Å²) in [6.07, 6.45) is 3.75. The van der Waals surface area contributed by atoms with E-state index in [1.807, 2.05) is 24.5 Å². The predicted octanol–water partition coefficient (Wildman–Crippen LogP) is 14.3. The van der Waals surface area contributed by atoms with E-state index in [1.165, 1.54) is 54.1 Å². The molecule has 0 N–H and O–H groups in total. The summed E-state index contributed by atoms with van der Waals surface area (Å²) in [5.74, 6) is 0. The fourth-order valence-corrected chi connectivity index (χ4v) is 12.5. The van der Waals surface area contributed by atoms with Crippen LogP contribution in [0.25, 0.3) is 44.1 Å². The van der Waals surface area contributed by atoms with E-state index >= 15 is 0 Å². The summed E-state index contributed by atoms with van der Waals surface area (Å²) in [5.41, 5.74) is 6.65. The standard InChI is InChI=1S/C24H16N2.2C18H15P.BF4.Cu/c1-3-7-17(8-4-1)19-13-15-25-23-21(19)11-12-22-20(14-16-26-24(22)23)18-9-5-2-6-10-18;2*1-4-10-16(11-5-1)19(17-12-6-2-7-13-17)18-14-8-3-9-15-18;2-1(3,4)5;/h1-16H;2*1-15H;;/q;;;-1;+1. The van der Waals surface area contributed by atoms with E-state index in [2.05, 4.69) is 265 Å². The van der Waals surface area contributed by atoms with Gasteiger partial charge in [0.25, 0.3) is 0 Å². The summed E-state index contributed by atoms with van der Waals surface area (Å²) in [7, 11) is -6.89. The maximum absolute atomic E-state index is 9.75. The number of halogens is 4. The third-order valence-electron chi connectivity index (χ3n) is 10.9. The van der Waals surface area contributed by atoms with E-state index in [0.29, 0.717) is 0 Å². The number of fused-ring (bicyclic) bond motifs is 3. The molecule has 0 fully saturated rings. The zero-order valence-electron chi connectivity index (χ0n) is 37.7. The molecule has 9 aromatic carbocycles. The Morgan fingerprint density at radius 3 is 0.686 bits per heavy atom. The number of pyridine rings is 2. The monoisotopic (exact) mass is 1010 g/mol. The molecule has 0 aliphatic carbocycles. The Kier molecular flexibility index (Phi) is 18.5. The molecule has 0 saturated heterocycles. The summed E-state index contributed by atoms with van der Waals surface area (Å²) in [6.45, 7) is 0. The minimum Gasteiger partial charge on any atom is -0.418 e. The van der Waals surface area contributed by atoms with Gasteiger partial charge in [0, 0.05) is 23.2 Å². The van der Waals surface area contributed by atoms with Crippen LogP contribution < -0.4 is 31.8 Å². The number of rotatable bonds is 8.